The standard InChI is InChI=1S/C22H23ClN2OS/c1-16-7-9-18(10-8-16)22(20-6-3-13-27-20)25-15-21(26)24-12-11-17-4-2-5-19(23)14-17/h2-10,13-14,22,25H,11-12,15H2,1H3,(H,24,26)/t22-/m0/s1. The predicted octanol–water partition coefficient (Wildman–Crippen LogP) is 4.75. The molecule has 3 aromatic rings. The molecule has 0 spiro atoms. The third-order valence-corrected chi connectivity index (χ3v) is 5.50. The zero-order valence-corrected chi connectivity index (χ0v) is 16.8. The lowest BCUT2D eigenvalue weighted by Crippen LogP contribution is -2.36. The summed E-state index contributed by atoms with van der Waals surface area (Å²) in [6.07, 6.45) is 0.763. The van der Waals surface area contributed by atoms with E-state index in [0.29, 0.717) is 6.54 Å². The Morgan fingerprint density at radius 3 is 2.63 bits per heavy atom. The number of rotatable bonds is 8. The SMILES string of the molecule is Cc1ccc([C@H](NCC(=O)NCCc2cccc(Cl)c2)c2cccs2)cc1. The first-order chi connectivity index (χ1) is 13.1. The third-order valence-electron chi connectivity index (χ3n) is 4.33. The summed E-state index contributed by atoms with van der Waals surface area (Å²) in [4.78, 5) is 13.5. The molecule has 2 aromatic carbocycles. The monoisotopic (exact) mass is 398 g/mol. The van der Waals surface area contributed by atoms with Crippen molar-refractivity contribution >= 4 is 28.8 Å². The summed E-state index contributed by atoms with van der Waals surface area (Å²) in [5.41, 5.74) is 3.50. The van der Waals surface area contributed by atoms with Gasteiger partial charge in [-0.1, -0.05) is 59.6 Å². The van der Waals surface area contributed by atoms with Crippen LogP contribution in [-0.2, 0) is 11.2 Å². The van der Waals surface area contributed by atoms with Gasteiger partial charge < -0.3 is 5.32 Å². The van der Waals surface area contributed by atoms with Crippen molar-refractivity contribution in [2.45, 2.75) is 19.4 Å². The summed E-state index contributed by atoms with van der Waals surface area (Å²) in [6, 6.07) is 20.3. The van der Waals surface area contributed by atoms with Gasteiger partial charge in [0.15, 0.2) is 0 Å². The highest BCUT2D eigenvalue weighted by Crippen LogP contribution is 2.26. The number of aryl methyl sites for hydroxylation is 1. The Labute approximate surface area is 169 Å². The summed E-state index contributed by atoms with van der Waals surface area (Å²) < 4.78 is 0. The fourth-order valence-electron chi connectivity index (χ4n) is 2.89. The minimum absolute atomic E-state index is 0.00861. The molecule has 3 rings (SSSR count). The summed E-state index contributed by atoms with van der Waals surface area (Å²) in [5, 5.41) is 9.14. The number of halogens is 1. The average molecular weight is 399 g/mol. The van der Waals surface area contributed by atoms with Crippen LogP contribution in [-0.4, -0.2) is 19.0 Å². The molecule has 0 bridgehead atoms. The van der Waals surface area contributed by atoms with Crippen molar-refractivity contribution in [1.29, 1.82) is 0 Å². The average Bonchev–Trinajstić information content (AvgIpc) is 3.18. The summed E-state index contributed by atoms with van der Waals surface area (Å²) in [5.74, 6) is -0.00861. The Kier molecular flexibility index (Phi) is 7.04. The van der Waals surface area contributed by atoms with Crippen molar-refractivity contribution in [1.82, 2.24) is 10.6 Å². The quantitative estimate of drug-likeness (QED) is 0.575. The van der Waals surface area contributed by atoms with Crippen LogP contribution in [0.25, 0.3) is 0 Å². The maximum atomic E-state index is 12.3. The zero-order valence-electron chi connectivity index (χ0n) is 15.2. The van der Waals surface area contributed by atoms with Crippen LogP contribution >= 0.6 is 22.9 Å². The molecule has 1 atom stereocenters. The topological polar surface area (TPSA) is 41.1 Å². The van der Waals surface area contributed by atoms with E-state index in [0.717, 1.165) is 22.6 Å². The van der Waals surface area contributed by atoms with Crippen LogP contribution in [0.3, 0.4) is 0 Å². The second-order valence-corrected chi connectivity index (χ2v) is 7.89. The van der Waals surface area contributed by atoms with Gasteiger partial charge in [-0.25, -0.2) is 0 Å². The van der Waals surface area contributed by atoms with Crippen molar-refractivity contribution < 1.29 is 4.79 Å². The van der Waals surface area contributed by atoms with Gasteiger partial charge in [-0.15, -0.1) is 11.3 Å². The highest BCUT2D eigenvalue weighted by molar-refractivity contribution is 7.10. The number of thiophene rings is 1. The number of benzene rings is 2. The van der Waals surface area contributed by atoms with Gasteiger partial charge in [0.25, 0.3) is 0 Å². The molecule has 0 radical (unpaired) electrons. The molecule has 1 aromatic heterocycles. The van der Waals surface area contributed by atoms with Crippen molar-refractivity contribution in [2.75, 3.05) is 13.1 Å². The minimum atomic E-state index is -0.00861. The smallest absolute Gasteiger partial charge is 0.233 e. The van der Waals surface area contributed by atoms with Crippen LogP contribution < -0.4 is 10.6 Å². The molecule has 3 nitrogen and oxygen atoms in total. The van der Waals surface area contributed by atoms with Crippen molar-refractivity contribution in [3.63, 3.8) is 0 Å². The van der Waals surface area contributed by atoms with Crippen LogP contribution in [0.4, 0.5) is 0 Å². The molecule has 0 aliphatic rings. The number of hydrogen-bond donors (Lipinski definition) is 2. The molecule has 1 amide bonds. The first kappa shape index (κ1) is 19.6. The largest absolute Gasteiger partial charge is 0.355 e. The lowest BCUT2D eigenvalue weighted by molar-refractivity contribution is -0.120. The fraction of sp³-hybridized carbons (Fsp3) is 0.227. The van der Waals surface area contributed by atoms with Crippen molar-refractivity contribution in [3.05, 3.63) is 92.6 Å². The molecule has 0 saturated heterocycles. The second kappa shape index (κ2) is 9.70. The fourth-order valence-corrected chi connectivity index (χ4v) is 3.93. The maximum absolute atomic E-state index is 12.3. The van der Waals surface area contributed by atoms with Crippen LogP contribution in [0.1, 0.15) is 27.6 Å². The van der Waals surface area contributed by atoms with Crippen LogP contribution in [0.5, 0.6) is 0 Å². The van der Waals surface area contributed by atoms with E-state index in [1.54, 1.807) is 11.3 Å². The maximum Gasteiger partial charge on any atom is 0.233 e. The van der Waals surface area contributed by atoms with Crippen LogP contribution in [0.2, 0.25) is 5.02 Å². The lowest BCUT2D eigenvalue weighted by Gasteiger charge is -2.18. The molecule has 0 saturated carbocycles. The van der Waals surface area contributed by atoms with Gasteiger partial charge in [0.2, 0.25) is 5.91 Å². The Bertz CT molecular complexity index is 862. The molecule has 0 aliphatic heterocycles. The van der Waals surface area contributed by atoms with E-state index in [2.05, 4.69) is 53.3 Å². The summed E-state index contributed by atoms with van der Waals surface area (Å²) in [7, 11) is 0. The van der Waals surface area contributed by atoms with Gasteiger partial charge in [-0.2, -0.15) is 0 Å². The molecule has 0 fully saturated rings. The summed E-state index contributed by atoms with van der Waals surface area (Å²) >= 11 is 7.68. The van der Waals surface area contributed by atoms with E-state index in [1.165, 1.54) is 10.4 Å². The molecular formula is C22H23ClN2OS. The highest BCUT2D eigenvalue weighted by atomic mass is 35.5. The Morgan fingerprint density at radius 1 is 1.11 bits per heavy atom. The van der Waals surface area contributed by atoms with Gasteiger partial charge in [-0.3, -0.25) is 10.1 Å². The molecule has 2 N–H and O–H groups in total. The molecule has 27 heavy (non-hydrogen) atoms. The van der Waals surface area contributed by atoms with E-state index in [4.69, 9.17) is 11.6 Å². The van der Waals surface area contributed by atoms with Crippen LogP contribution in [0.15, 0.2) is 66.0 Å². The number of nitrogens with one attached hydrogen (secondary N) is 2. The Morgan fingerprint density at radius 2 is 1.93 bits per heavy atom. The predicted molar refractivity (Wildman–Crippen MR) is 114 cm³/mol. The van der Waals surface area contributed by atoms with Gasteiger partial charge in [-0.05, 0) is 48.1 Å². The third kappa shape index (κ3) is 5.93. The van der Waals surface area contributed by atoms with Crippen LogP contribution in [0, 0.1) is 6.92 Å². The number of carbonyl (C=O) groups excluding carboxylic acids is 1. The normalized spacial score (nSPS) is 11.9. The minimum Gasteiger partial charge on any atom is -0.355 e. The molecule has 5 heteroatoms. The van der Waals surface area contributed by atoms with Crippen molar-refractivity contribution in [3.8, 4) is 0 Å². The van der Waals surface area contributed by atoms with E-state index in [1.807, 2.05) is 30.3 Å². The first-order valence-corrected chi connectivity index (χ1v) is 10.2. The van der Waals surface area contributed by atoms with Gasteiger partial charge in [0.05, 0.1) is 12.6 Å². The van der Waals surface area contributed by atoms with E-state index >= 15 is 0 Å². The summed E-state index contributed by atoms with van der Waals surface area (Å²) in [6.45, 7) is 2.94. The number of hydrogen-bond acceptors (Lipinski definition) is 3. The van der Waals surface area contributed by atoms with E-state index in [9.17, 15) is 4.79 Å². The van der Waals surface area contributed by atoms with Crippen molar-refractivity contribution in [2.24, 2.45) is 0 Å². The van der Waals surface area contributed by atoms with Gasteiger partial charge in [0, 0.05) is 16.4 Å². The molecular weight excluding hydrogens is 376 g/mol. The Hall–Kier alpha value is -2.14. The molecule has 1 heterocycles. The molecule has 140 valence electrons. The second-order valence-electron chi connectivity index (χ2n) is 6.47. The van der Waals surface area contributed by atoms with E-state index < -0.39 is 0 Å². The first-order valence-electron chi connectivity index (χ1n) is 8.96. The zero-order chi connectivity index (χ0) is 19.1. The number of carbonyl (C=O) groups is 1. The number of amides is 1. The van der Waals surface area contributed by atoms with E-state index in [-0.39, 0.29) is 18.5 Å². The molecule has 0 aliphatic carbocycles. The van der Waals surface area contributed by atoms with Gasteiger partial charge in [0.1, 0.15) is 0 Å². The highest BCUT2D eigenvalue weighted by Gasteiger charge is 2.16. The van der Waals surface area contributed by atoms with Gasteiger partial charge >= 0.3 is 0 Å². The molecule has 0 unspecified atom stereocenters. The Balaban J connectivity index is 1.53. The lowest BCUT2D eigenvalue weighted by atomic mass is 10.0.